The van der Waals surface area contributed by atoms with Crippen molar-refractivity contribution in [3.05, 3.63) is 101 Å². The van der Waals surface area contributed by atoms with Crippen molar-refractivity contribution >= 4 is 64.1 Å². The lowest BCUT2D eigenvalue weighted by Gasteiger charge is -2.35. The summed E-state index contributed by atoms with van der Waals surface area (Å²) >= 11 is 8.48. The zero-order chi connectivity index (χ0) is 55.6. The maximum atomic E-state index is 6.37. The van der Waals surface area contributed by atoms with Gasteiger partial charge in [-0.2, -0.15) is 0 Å². The number of rotatable bonds is 40. The van der Waals surface area contributed by atoms with Crippen molar-refractivity contribution < 1.29 is 4.74 Å². The minimum Gasteiger partial charge on any atom is -0.494 e. The largest absolute Gasteiger partial charge is 0.494 e. The first-order valence-electron chi connectivity index (χ1n) is 33.5. The van der Waals surface area contributed by atoms with Gasteiger partial charge in [0.25, 0.3) is 0 Å². The van der Waals surface area contributed by atoms with Gasteiger partial charge < -0.3 is 4.74 Å². The van der Waals surface area contributed by atoms with Crippen molar-refractivity contribution in [3.8, 4) is 47.5 Å². The highest BCUT2D eigenvalue weighted by Crippen LogP contribution is 2.67. The molecule has 5 heteroatoms. The molecule has 434 valence electrons. The molecule has 0 amide bonds. The number of benzene rings is 3. The highest BCUT2D eigenvalue weighted by molar-refractivity contribution is 7.32. The molecular weight excluding hydrogens is 1050 g/mol. The van der Waals surface area contributed by atoms with Gasteiger partial charge in [-0.05, 0) is 132 Å². The van der Waals surface area contributed by atoms with Crippen molar-refractivity contribution in [2.45, 2.75) is 284 Å². The molecule has 2 aliphatic rings. The lowest BCUT2D eigenvalue weighted by atomic mass is 9.68. The molecule has 1 nitrogen and oxygen atoms in total. The van der Waals surface area contributed by atoms with Gasteiger partial charge in [-0.3, -0.25) is 0 Å². The second-order valence-electron chi connectivity index (χ2n) is 25.1. The van der Waals surface area contributed by atoms with Gasteiger partial charge in [0.05, 0.1) is 16.0 Å². The minimum absolute atomic E-state index is 0.0346. The van der Waals surface area contributed by atoms with E-state index in [-0.39, 0.29) is 10.8 Å². The monoisotopic (exact) mass is 1150 g/mol. The first-order valence-corrected chi connectivity index (χ1v) is 36.8. The van der Waals surface area contributed by atoms with Gasteiger partial charge in [-0.1, -0.05) is 263 Å². The van der Waals surface area contributed by atoms with E-state index in [0.29, 0.717) is 0 Å². The molecule has 0 bridgehead atoms. The molecule has 0 atom stereocenters. The van der Waals surface area contributed by atoms with Crippen molar-refractivity contribution in [3.63, 3.8) is 0 Å². The van der Waals surface area contributed by atoms with E-state index in [1.54, 1.807) is 52.5 Å². The Labute approximate surface area is 503 Å². The molecule has 0 N–H and O–H groups in total. The fraction of sp³-hybridized carbons (Fsp3) is 0.600. The number of hydrogen-bond acceptors (Lipinski definition) is 5. The summed E-state index contributed by atoms with van der Waals surface area (Å²) in [6, 6.07) is 29.4. The van der Waals surface area contributed by atoms with Crippen molar-refractivity contribution in [1.29, 1.82) is 0 Å². The molecule has 2 aliphatic carbocycles. The Morgan fingerprint density at radius 2 is 0.675 bits per heavy atom. The molecule has 4 aromatic heterocycles. The maximum absolute atomic E-state index is 6.37. The van der Waals surface area contributed by atoms with Gasteiger partial charge in [0, 0.05) is 39.7 Å². The van der Waals surface area contributed by atoms with Gasteiger partial charge >= 0.3 is 0 Å². The standard InChI is InChI=1S/C75H104OS4/c1-7-12-17-22-23-24-25-26-27-28-29-30-31-32-33-38-51-76-59-45-43-58(44-46-59)65-55-67-73(78-65)69-71(80-67)61-53-62-60(52-63(61)75(69,49-36-20-15-10-4)50-37-21-16-11-5)70-68(74(62,47-34-18-13-8-2)48-35-19-14-9-3)72-66(79-70)54-64(77-72)57-41-39-56(6)40-42-57/h39-46,52-55H,7-38,47-51H2,1-6H3. The van der Waals surface area contributed by atoms with Crippen LogP contribution in [0.2, 0.25) is 0 Å². The summed E-state index contributed by atoms with van der Waals surface area (Å²) in [6.07, 6.45) is 48.3. The highest BCUT2D eigenvalue weighted by Gasteiger charge is 2.51. The Morgan fingerprint density at radius 1 is 0.350 bits per heavy atom. The predicted molar refractivity (Wildman–Crippen MR) is 361 cm³/mol. The molecule has 0 unspecified atom stereocenters. The number of fused-ring (bicyclic) bond motifs is 10. The third-order valence-corrected chi connectivity index (χ3v) is 23.9. The van der Waals surface area contributed by atoms with Gasteiger partial charge in [0.2, 0.25) is 0 Å². The van der Waals surface area contributed by atoms with Crippen LogP contribution in [-0.4, -0.2) is 6.61 Å². The second kappa shape index (κ2) is 31.1. The topological polar surface area (TPSA) is 9.23 Å². The highest BCUT2D eigenvalue weighted by atomic mass is 32.1. The fourth-order valence-electron chi connectivity index (χ4n) is 14.3. The SMILES string of the molecule is CCCCCCCCCCCCCCCCCCOc1ccc(-c2cc3sc4c(c3s2)C(CCCCCC)(CCCCCC)c2cc3c(cc2-4)C(CCCCCC)(CCCCCC)c2c-3sc3cc(-c4ccc(C)cc4)sc23)cc1. The van der Waals surface area contributed by atoms with Gasteiger partial charge in [-0.25, -0.2) is 0 Å². The Balaban J connectivity index is 0.976. The molecule has 80 heavy (non-hydrogen) atoms. The van der Waals surface area contributed by atoms with E-state index in [1.807, 2.05) is 0 Å². The molecule has 7 aromatic rings. The third kappa shape index (κ3) is 14.5. The van der Waals surface area contributed by atoms with Crippen LogP contribution in [0.4, 0.5) is 0 Å². The van der Waals surface area contributed by atoms with Crippen LogP contribution in [-0.2, 0) is 10.8 Å². The van der Waals surface area contributed by atoms with E-state index >= 15 is 0 Å². The number of ether oxygens (including phenoxy) is 1. The lowest BCUT2D eigenvalue weighted by Crippen LogP contribution is -2.27. The summed E-state index contributed by atoms with van der Waals surface area (Å²) in [4.78, 5) is 6.08. The van der Waals surface area contributed by atoms with Gasteiger partial charge in [0.1, 0.15) is 5.75 Å². The van der Waals surface area contributed by atoms with Crippen molar-refractivity contribution in [1.82, 2.24) is 0 Å². The van der Waals surface area contributed by atoms with Crippen LogP contribution in [0.1, 0.15) is 294 Å². The smallest absolute Gasteiger partial charge is 0.119 e. The molecule has 0 fully saturated rings. The third-order valence-electron chi connectivity index (χ3n) is 18.9. The summed E-state index contributed by atoms with van der Waals surface area (Å²) < 4.78 is 12.6. The maximum Gasteiger partial charge on any atom is 0.119 e. The normalized spacial score (nSPS) is 13.9. The molecule has 0 radical (unpaired) electrons. The molecule has 4 heterocycles. The van der Waals surface area contributed by atoms with Gasteiger partial charge in [0.15, 0.2) is 0 Å². The summed E-state index contributed by atoms with van der Waals surface area (Å²) in [6.45, 7) is 14.9. The van der Waals surface area contributed by atoms with Gasteiger partial charge in [-0.15, -0.1) is 45.3 Å². The van der Waals surface area contributed by atoms with Crippen LogP contribution < -0.4 is 4.74 Å². The predicted octanol–water partition coefficient (Wildman–Crippen LogP) is 26.9. The zero-order valence-electron chi connectivity index (χ0n) is 51.1. The molecule has 0 saturated heterocycles. The Morgan fingerprint density at radius 3 is 1.04 bits per heavy atom. The van der Waals surface area contributed by atoms with E-state index in [2.05, 4.69) is 160 Å². The first kappa shape index (κ1) is 61.3. The molecule has 0 saturated carbocycles. The number of thiophene rings is 4. The summed E-state index contributed by atoms with van der Waals surface area (Å²) in [5.74, 6) is 1.02. The quantitative estimate of drug-likeness (QED) is 0.0348. The van der Waals surface area contributed by atoms with Crippen molar-refractivity contribution in [2.24, 2.45) is 0 Å². The van der Waals surface area contributed by atoms with Crippen LogP contribution in [0.5, 0.6) is 5.75 Å². The molecule has 0 aliphatic heterocycles. The Kier molecular flexibility index (Phi) is 23.8. The minimum atomic E-state index is 0.0346. The zero-order valence-corrected chi connectivity index (χ0v) is 54.4. The molecule has 0 spiro atoms. The Hall–Kier alpha value is -3.22. The van der Waals surface area contributed by atoms with E-state index in [1.165, 1.54) is 261 Å². The number of hydrogen-bond donors (Lipinski definition) is 0. The molecular formula is C75H104OS4. The number of unbranched alkanes of at least 4 members (excludes halogenated alkanes) is 27. The van der Waals surface area contributed by atoms with E-state index in [0.717, 1.165) is 18.8 Å². The van der Waals surface area contributed by atoms with Crippen LogP contribution in [0, 0.1) is 6.92 Å². The molecule has 9 rings (SSSR count). The van der Waals surface area contributed by atoms with E-state index < -0.39 is 0 Å². The van der Waals surface area contributed by atoms with Crippen LogP contribution >= 0.6 is 45.3 Å². The first-order chi connectivity index (χ1) is 39.4. The summed E-state index contributed by atoms with van der Waals surface area (Å²) in [5, 5.41) is 0. The number of aryl methyl sites for hydroxylation is 1. The van der Waals surface area contributed by atoms with Crippen LogP contribution in [0.15, 0.2) is 72.8 Å². The summed E-state index contributed by atoms with van der Waals surface area (Å²) in [5.41, 5.74) is 14.1. The second-order valence-corrected chi connectivity index (χ2v) is 29.3. The van der Waals surface area contributed by atoms with Crippen molar-refractivity contribution in [2.75, 3.05) is 6.61 Å². The summed E-state index contributed by atoms with van der Waals surface area (Å²) in [7, 11) is 0. The fourth-order valence-corrected chi connectivity index (χ4v) is 20.1. The lowest BCUT2D eigenvalue weighted by molar-refractivity contribution is 0.304. The van der Waals surface area contributed by atoms with E-state index in [4.69, 9.17) is 4.74 Å². The van der Waals surface area contributed by atoms with Crippen LogP contribution in [0.3, 0.4) is 0 Å². The average Bonchev–Trinajstić information content (AvgIpc) is 3.92. The van der Waals surface area contributed by atoms with E-state index in [9.17, 15) is 0 Å². The Bertz CT molecular complexity index is 2910. The average molecular weight is 1150 g/mol. The van der Waals surface area contributed by atoms with Crippen LogP contribution in [0.25, 0.3) is 60.6 Å². The molecule has 3 aromatic carbocycles.